The van der Waals surface area contributed by atoms with Crippen molar-refractivity contribution in [2.45, 2.75) is 33.1 Å². The minimum atomic E-state index is 0.486. The van der Waals surface area contributed by atoms with Crippen LogP contribution in [0.5, 0.6) is 0 Å². The summed E-state index contributed by atoms with van der Waals surface area (Å²) in [6.45, 7) is 12.1. The molecular weight excluding hydrogens is 448 g/mol. The summed E-state index contributed by atoms with van der Waals surface area (Å²) in [5, 5.41) is 8.12. The number of aromatic nitrogens is 4. The van der Waals surface area contributed by atoms with Crippen LogP contribution in [0.1, 0.15) is 37.6 Å². The number of allylic oxidation sites excluding steroid dienone is 5. The molecule has 3 aromatic rings. The Balaban J connectivity index is 1.46. The number of hydrogen-bond donors (Lipinski definition) is 1. The van der Waals surface area contributed by atoms with Crippen LogP contribution in [0.4, 0.5) is 5.95 Å². The van der Waals surface area contributed by atoms with Crippen molar-refractivity contribution in [2.24, 2.45) is 4.99 Å². The highest BCUT2D eigenvalue weighted by Gasteiger charge is 2.20. The highest BCUT2D eigenvalue weighted by Crippen LogP contribution is 2.37. The second-order valence-corrected chi connectivity index (χ2v) is 9.57. The van der Waals surface area contributed by atoms with Crippen molar-refractivity contribution in [3.8, 4) is 11.1 Å². The average Bonchev–Trinajstić information content (AvgIpc) is 3.54. The molecule has 0 aromatic carbocycles. The number of anilines is 1. The molecule has 186 valence electrons. The van der Waals surface area contributed by atoms with Crippen molar-refractivity contribution in [1.82, 2.24) is 29.4 Å². The monoisotopic (exact) mass is 482 g/mol. The van der Waals surface area contributed by atoms with Gasteiger partial charge in [0.05, 0.1) is 17.4 Å². The van der Waals surface area contributed by atoms with Crippen molar-refractivity contribution in [2.75, 3.05) is 38.5 Å². The molecule has 1 fully saturated rings. The number of piperazine rings is 1. The predicted molar refractivity (Wildman–Crippen MR) is 147 cm³/mol. The van der Waals surface area contributed by atoms with E-state index in [2.05, 4.69) is 81.1 Å². The van der Waals surface area contributed by atoms with Crippen LogP contribution in [0, 0.1) is 6.92 Å². The van der Waals surface area contributed by atoms with E-state index in [1.165, 1.54) is 17.7 Å². The highest BCUT2D eigenvalue weighted by molar-refractivity contribution is 5.85. The Hall–Kier alpha value is -3.78. The number of nitrogens with zero attached hydrogens (tertiary/aromatic N) is 7. The molecule has 1 saturated heterocycles. The Morgan fingerprint density at radius 3 is 2.69 bits per heavy atom. The van der Waals surface area contributed by atoms with Crippen molar-refractivity contribution in [3.63, 3.8) is 0 Å². The zero-order valence-corrected chi connectivity index (χ0v) is 21.4. The van der Waals surface area contributed by atoms with Gasteiger partial charge in [-0.15, -0.1) is 5.10 Å². The molecule has 3 aromatic heterocycles. The first kappa shape index (κ1) is 23.9. The van der Waals surface area contributed by atoms with Gasteiger partial charge in [-0.1, -0.05) is 6.08 Å². The van der Waals surface area contributed by atoms with Crippen LogP contribution in [0.15, 0.2) is 65.3 Å². The van der Waals surface area contributed by atoms with Gasteiger partial charge >= 0.3 is 0 Å². The highest BCUT2D eigenvalue weighted by atomic mass is 15.3. The van der Waals surface area contributed by atoms with Gasteiger partial charge in [0.15, 0.2) is 0 Å². The molecule has 0 unspecified atom stereocenters. The van der Waals surface area contributed by atoms with E-state index in [0.717, 1.165) is 67.1 Å². The maximum absolute atomic E-state index is 4.87. The Labute approximate surface area is 212 Å². The summed E-state index contributed by atoms with van der Waals surface area (Å²) < 4.78 is 2.00. The first-order valence-electron chi connectivity index (χ1n) is 12.6. The Morgan fingerprint density at radius 2 is 1.97 bits per heavy atom. The molecule has 36 heavy (non-hydrogen) atoms. The third-order valence-corrected chi connectivity index (χ3v) is 6.97. The van der Waals surface area contributed by atoms with Gasteiger partial charge in [0.1, 0.15) is 5.82 Å². The molecule has 0 saturated carbocycles. The second kappa shape index (κ2) is 10.5. The fourth-order valence-electron chi connectivity index (χ4n) is 4.87. The molecule has 2 aliphatic rings. The summed E-state index contributed by atoms with van der Waals surface area (Å²) in [6, 6.07) is 6.35. The van der Waals surface area contributed by atoms with E-state index in [9.17, 15) is 0 Å². The fourth-order valence-corrected chi connectivity index (χ4v) is 4.87. The number of rotatable bonds is 7. The molecule has 8 heteroatoms. The minimum absolute atomic E-state index is 0.486. The molecule has 0 atom stereocenters. The molecule has 8 nitrogen and oxygen atoms in total. The van der Waals surface area contributed by atoms with Crippen LogP contribution in [-0.2, 0) is 0 Å². The van der Waals surface area contributed by atoms with Gasteiger partial charge in [-0.2, -0.15) is 0 Å². The Bertz CT molecular complexity index is 1360. The molecule has 0 amide bonds. The number of aryl methyl sites for hydroxylation is 1. The van der Waals surface area contributed by atoms with Crippen LogP contribution in [-0.4, -0.2) is 69.3 Å². The predicted octanol–water partition coefficient (Wildman–Crippen LogP) is 4.77. The van der Waals surface area contributed by atoms with E-state index < -0.39 is 0 Å². The van der Waals surface area contributed by atoms with Gasteiger partial charge in [0, 0.05) is 49.3 Å². The van der Waals surface area contributed by atoms with Crippen molar-refractivity contribution in [1.29, 1.82) is 0 Å². The van der Waals surface area contributed by atoms with Gasteiger partial charge in [-0.25, -0.2) is 14.5 Å². The molecule has 1 N–H and O–H groups in total. The molecule has 1 aliphatic heterocycles. The molecule has 0 radical (unpaired) electrons. The summed E-state index contributed by atoms with van der Waals surface area (Å²) >= 11 is 0. The lowest BCUT2D eigenvalue weighted by molar-refractivity contribution is 0.186. The second-order valence-electron chi connectivity index (χ2n) is 9.57. The number of aliphatic imine (C=N–C) groups is 1. The number of pyridine rings is 1. The van der Waals surface area contributed by atoms with Crippen LogP contribution in [0.3, 0.4) is 0 Å². The summed E-state index contributed by atoms with van der Waals surface area (Å²) in [5.41, 5.74) is 7.91. The fraction of sp³-hybridized carbons (Fsp3) is 0.357. The molecule has 4 heterocycles. The summed E-state index contributed by atoms with van der Waals surface area (Å²) in [6.07, 6.45) is 13.4. The van der Waals surface area contributed by atoms with Crippen molar-refractivity contribution >= 4 is 23.8 Å². The number of likely N-dealkylation sites (N-methyl/N-ethyl adjacent to an activating group) is 1. The molecule has 0 bridgehead atoms. The Morgan fingerprint density at radius 1 is 1.14 bits per heavy atom. The maximum Gasteiger partial charge on any atom is 0.246 e. The molecule has 5 rings (SSSR count). The Kier molecular flexibility index (Phi) is 6.95. The summed E-state index contributed by atoms with van der Waals surface area (Å²) in [7, 11) is 2.16. The normalized spacial score (nSPS) is 17.5. The SMILES string of the molecule is C=N/C(=C\C=C(/C)N1CCN(C)CC1)Nc1ncc2cc(-c3ccnc(C)c3)c(C3=CCCC3)n2n1. The van der Waals surface area contributed by atoms with E-state index in [-0.39, 0.29) is 0 Å². The van der Waals surface area contributed by atoms with Gasteiger partial charge in [-0.3, -0.25) is 4.98 Å². The lowest BCUT2D eigenvalue weighted by atomic mass is 10.0. The van der Waals surface area contributed by atoms with Gasteiger partial charge in [0.2, 0.25) is 5.95 Å². The van der Waals surface area contributed by atoms with Gasteiger partial charge < -0.3 is 15.1 Å². The van der Waals surface area contributed by atoms with E-state index in [1.807, 2.05) is 29.9 Å². The third kappa shape index (κ3) is 5.09. The standard InChI is InChI=1S/C28H34N8/c1-20-17-23(11-12-30-20)25-18-24-19-31-28(33-36(24)27(25)22-7-5-6-8-22)32-26(29-3)10-9-21(2)35-15-13-34(4)14-16-35/h7,9-12,17-19H,3,5-6,8,13-16H2,1-2,4H3,(H,32,33)/b21-9+,26-10+. The maximum atomic E-state index is 4.87. The van der Waals surface area contributed by atoms with Crippen LogP contribution in [0.25, 0.3) is 22.2 Å². The zero-order chi connectivity index (χ0) is 25.1. The number of hydrogen-bond acceptors (Lipinski definition) is 7. The number of fused-ring (bicyclic) bond motifs is 1. The van der Waals surface area contributed by atoms with Crippen LogP contribution < -0.4 is 5.32 Å². The zero-order valence-electron chi connectivity index (χ0n) is 21.4. The smallest absolute Gasteiger partial charge is 0.246 e. The molecule has 0 spiro atoms. The summed E-state index contributed by atoms with van der Waals surface area (Å²) in [4.78, 5) is 17.9. The first-order valence-corrected chi connectivity index (χ1v) is 12.6. The lowest BCUT2D eigenvalue weighted by Crippen LogP contribution is -2.43. The quantitative estimate of drug-likeness (QED) is 0.386. The largest absolute Gasteiger partial charge is 0.372 e. The topological polar surface area (TPSA) is 74.0 Å². The van der Waals surface area contributed by atoms with Gasteiger partial charge in [-0.05, 0) is 88.4 Å². The van der Waals surface area contributed by atoms with Crippen LogP contribution >= 0.6 is 0 Å². The molecule has 1 aliphatic carbocycles. The van der Waals surface area contributed by atoms with Crippen LogP contribution in [0.2, 0.25) is 0 Å². The minimum Gasteiger partial charge on any atom is -0.372 e. The van der Waals surface area contributed by atoms with Gasteiger partial charge in [0.25, 0.3) is 0 Å². The van der Waals surface area contributed by atoms with E-state index in [4.69, 9.17) is 5.10 Å². The van der Waals surface area contributed by atoms with Crippen molar-refractivity contribution < 1.29 is 0 Å². The van der Waals surface area contributed by atoms with E-state index in [0.29, 0.717) is 11.8 Å². The third-order valence-electron chi connectivity index (χ3n) is 6.97. The lowest BCUT2D eigenvalue weighted by Gasteiger charge is -2.34. The summed E-state index contributed by atoms with van der Waals surface area (Å²) in [5.74, 6) is 1.10. The number of nitrogens with one attached hydrogen (secondary N) is 1. The average molecular weight is 483 g/mol. The van der Waals surface area contributed by atoms with Crippen molar-refractivity contribution in [3.05, 3.63) is 71.7 Å². The van der Waals surface area contributed by atoms with E-state index >= 15 is 0 Å². The molecular formula is C28H34N8. The van der Waals surface area contributed by atoms with E-state index in [1.54, 1.807) is 0 Å². The first-order chi connectivity index (χ1) is 17.5.